The summed E-state index contributed by atoms with van der Waals surface area (Å²) < 4.78 is 2.28. The molecule has 1 aliphatic heterocycles. The van der Waals surface area contributed by atoms with Crippen LogP contribution in [0.2, 0.25) is 0 Å². The number of hydrogen-bond acceptors (Lipinski definition) is 4. The lowest BCUT2D eigenvalue weighted by Gasteiger charge is -2.27. The highest BCUT2D eigenvalue weighted by Gasteiger charge is 2.30. The molecule has 2 unspecified atom stereocenters. The van der Waals surface area contributed by atoms with E-state index in [0.717, 1.165) is 21.3 Å². The SMILES string of the molecule is CN(C)C1CCN(C(CN)c2cc(Br)c(Br)s2)C1. The van der Waals surface area contributed by atoms with Gasteiger partial charge in [-0.25, -0.2) is 0 Å². The summed E-state index contributed by atoms with van der Waals surface area (Å²) in [7, 11) is 4.31. The van der Waals surface area contributed by atoms with Crippen LogP contribution in [0.25, 0.3) is 0 Å². The van der Waals surface area contributed by atoms with E-state index in [4.69, 9.17) is 5.73 Å². The Bertz CT molecular complexity index is 389. The fraction of sp³-hybridized carbons (Fsp3) is 0.667. The van der Waals surface area contributed by atoms with Crippen LogP contribution in [0.1, 0.15) is 17.3 Å². The van der Waals surface area contributed by atoms with Gasteiger partial charge >= 0.3 is 0 Å². The zero-order chi connectivity index (χ0) is 13.3. The van der Waals surface area contributed by atoms with Crippen molar-refractivity contribution in [2.75, 3.05) is 33.7 Å². The Hall–Kier alpha value is 0.540. The van der Waals surface area contributed by atoms with E-state index in [2.05, 4.69) is 61.8 Å². The molecule has 0 spiro atoms. The monoisotopic (exact) mass is 395 g/mol. The number of halogens is 2. The van der Waals surface area contributed by atoms with Crippen molar-refractivity contribution >= 4 is 43.2 Å². The highest BCUT2D eigenvalue weighted by Crippen LogP contribution is 2.38. The number of hydrogen-bond donors (Lipinski definition) is 1. The molecule has 18 heavy (non-hydrogen) atoms. The van der Waals surface area contributed by atoms with E-state index in [0.29, 0.717) is 18.6 Å². The lowest BCUT2D eigenvalue weighted by atomic mass is 10.2. The Morgan fingerprint density at radius 3 is 2.72 bits per heavy atom. The second-order valence-corrected chi connectivity index (χ2v) is 8.18. The molecule has 0 aromatic carbocycles. The van der Waals surface area contributed by atoms with Gasteiger partial charge in [-0.15, -0.1) is 11.3 Å². The maximum Gasteiger partial charge on any atom is 0.0843 e. The molecule has 1 saturated heterocycles. The molecule has 1 aromatic heterocycles. The number of nitrogens with zero attached hydrogens (tertiary/aromatic N) is 2. The van der Waals surface area contributed by atoms with Gasteiger partial charge in [0.15, 0.2) is 0 Å². The van der Waals surface area contributed by atoms with E-state index in [1.165, 1.54) is 11.3 Å². The van der Waals surface area contributed by atoms with Gasteiger partial charge in [0.2, 0.25) is 0 Å². The van der Waals surface area contributed by atoms with Crippen molar-refractivity contribution in [1.82, 2.24) is 9.80 Å². The maximum absolute atomic E-state index is 5.99. The molecule has 3 nitrogen and oxygen atoms in total. The minimum absolute atomic E-state index is 0.350. The predicted octanol–water partition coefficient (Wildman–Crippen LogP) is 2.91. The third-order valence-corrected chi connectivity index (χ3v) is 6.94. The number of rotatable bonds is 4. The molecular formula is C12H19Br2N3S. The molecular weight excluding hydrogens is 378 g/mol. The van der Waals surface area contributed by atoms with Crippen molar-refractivity contribution < 1.29 is 0 Å². The third-order valence-electron chi connectivity index (χ3n) is 3.58. The summed E-state index contributed by atoms with van der Waals surface area (Å²) in [5.74, 6) is 0. The fourth-order valence-electron chi connectivity index (χ4n) is 2.45. The third kappa shape index (κ3) is 3.16. The van der Waals surface area contributed by atoms with E-state index >= 15 is 0 Å². The first-order chi connectivity index (χ1) is 8.52. The van der Waals surface area contributed by atoms with Gasteiger partial charge < -0.3 is 10.6 Å². The standard InChI is InChI=1S/C12H19Br2N3S/c1-16(2)8-3-4-17(7-8)10(6-15)11-5-9(13)12(14)18-11/h5,8,10H,3-4,6-7,15H2,1-2H3. The highest BCUT2D eigenvalue weighted by molar-refractivity contribution is 9.13. The Morgan fingerprint density at radius 2 is 2.28 bits per heavy atom. The van der Waals surface area contributed by atoms with Crippen LogP contribution in [0.15, 0.2) is 14.3 Å². The van der Waals surface area contributed by atoms with Gasteiger partial charge in [0.05, 0.1) is 9.83 Å². The smallest absolute Gasteiger partial charge is 0.0843 e. The number of nitrogens with two attached hydrogens (primary N) is 1. The highest BCUT2D eigenvalue weighted by atomic mass is 79.9. The van der Waals surface area contributed by atoms with Crippen LogP contribution in [0, 0.1) is 0 Å². The minimum Gasteiger partial charge on any atom is -0.329 e. The molecule has 0 saturated carbocycles. The molecule has 0 amide bonds. The van der Waals surface area contributed by atoms with Crippen LogP contribution >= 0.6 is 43.2 Å². The zero-order valence-corrected chi connectivity index (χ0v) is 14.7. The fourth-order valence-corrected chi connectivity index (χ4v) is 4.68. The second kappa shape index (κ2) is 6.33. The second-order valence-electron chi connectivity index (χ2n) is 4.92. The first kappa shape index (κ1) is 14.9. The quantitative estimate of drug-likeness (QED) is 0.849. The van der Waals surface area contributed by atoms with Gasteiger partial charge in [-0.2, -0.15) is 0 Å². The normalized spacial score (nSPS) is 22.9. The van der Waals surface area contributed by atoms with Gasteiger partial charge in [0, 0.05) is 35.0 Å². The van der Waals surface area contributed by atoms with Crippen molar-refractivity contribution in [2.24, 2.45) is 5.73 Å². The topological polar surface area (TPSA) is 32.5 Å². The Morgan fingerprint density at radius 1 is 1.56 bits per heavy atom. The van der Waals surface area contributed by atoms with Crippen molar-refractivity contribution in [3.63, 3.8) is 0 Å². The summed E-state index contributed by atoms with van der Waals surface area (Å²) in [6.07, 6.45) is 1.23. The predicted molar refractivity (Wildman–Crippen MR) is 85.2 cm³/mol. The lowest BCUT2D eigenvalue weighted by Crippen LogP contribution is -2.35. The van der Waals surface area contributed by atoms with Gasteiger partial charge in [-0.3, -0.25) is 4.90 Å². The summed E-state index contributed by atoms with van der Waals surface area (Å²) >= 11 is 8.89. The van der Waals surface area contributed by atoms with Crippen LogP contribution in [-0.2, 0) is 0 Å². The Labute approximate surface area is 130 Å². The summed E-state index contributed by atoms with van der Waals surface area (Å²) in [6.45, 7) is 2.93. The molecule has 1 aliphatic rings. The molecule has 1 aromatic rings. The van der Waals surface area contributed by atoms with Gasteiger partial charge in [0.1, 0.15) is 0 Å². The van der Waals surface area contributed by atoms with E-state index in [1.807, 2.05) is 0 Å². The van der Waals surface area contributed by atoms with Crippen LogP contribution in [-0.4, -0.2) is 49.6 Å². The molecule has 2 rings (SSSR count). The van der Waals surface area contributed by atoms with E-state index in [9.17, 15) is 0 Å². The van der Waals surface area contributed by atoms with Crippen LogP contribution in [0.4, 0.5) is 0 Å². The Balaban J connectivity index is 2.10. The minimum atomic E-state index is 0.350. The molecule has 102 valence electrons. The van der Waals surface area contributed by atoms with Crippen molar-refractivity contribution in [1.29, 1.82) is 0 Å². The van der Waals surface area contributed by atoms with Crippen LogP contribution in [0.3, 0.4) is 0 Å². The summed E-state index contributed by atoms with van der Waals surface area (Å²) in [5, 5.41) is 0. The largest absolute Gasteiger partial charge is 0.329 e. The van der Waals surface area contributed by atoms with Crippen LogP contribution < -0.4 is 5.73 Å². The average molecular weight is 397 g/mol. The molecule has 0 aliphatic carbocycles. The zero-order valence-electron chi connectivity index (χ0n) is 10.7. The maximum atomic E-state index is 5.99. The summed E-state index contributed by atoms with van der Waals surface area (Å²) in [4.78, 5) is 6.17. The van der Waals surface area contributed by atoms with Gasteiger partial charge in [-0.05, 0) is 58.4 Å². The van der Waals surface area contributed by atoms with E-state index in [1.54, 1.807) is 11.3 Å². The molecule has 1 fully saturated rings. The van der Waals surface area contributed by atoms with Gasteiger partial charge in [0.25, 0.3) is 0 Å². The average Bonchev–Trinajstić information content (AvgIpc) is 2.89. The van der Waals surface area contributed by atoms with Crippen LogP contribution in [0.5, 0.6) is 0 Å². The van der Waals surface area contributed by atoms with Crippen molar-refractivity contribution in [2.45, 2.75) is 18.5 Å². The summed E-state index contributed by atoms with van der Waals surface area (Å²) in [5.41, 5.74) is 5.99. The van der Waals surface area contributed by atoms with E-state index < -0.39 is 0 Å². The lowest BCUT2D eigenvalue weighted by molar-refractivity contribution is 0.223. The number of likely N-dealkylation sites (N-methyl/N-ethyl adjacent to an activating group) is 1. The Kier molecular flexibility index (Phi) is 5.25. The first-order valence-corrected chi connectivity index (χ1v) is 8.48. The van der Waals surface area contributed by atoms with E-state index in [-0.39, 0.29) is 0 Å². The molecule has 0 radical (unpaired) electrons. The number of likely N-dealkylation sites (tertiary alicyclic amines) is 1. The molecule has 2 atom stereocenters. The van der Waals surface area contributed by atoms with Crippen molar-refractivity contribution in [3.05, 3.63) is 19.2 Å². The number of thiophene rings is 1. The molecule has 2 heterocycles. The van der Waals surface area contributed by atoms with Gasteiger partial charge in [-0.1, -0.05) is 0 Å². The molecule has 6 heteroatoms. The summed E-state index contributed by atoms with van der Waals surface area (Å²) in [6, 6.07) is 3.20. The van der Waals surface area contributed by atoms with Crippen molar-refractivity contribution in [3.8, 4) is 0 Å². The molecule has 0 bridgehead atoms. The molecule has 2 N–H and O–H groups in total. The first-order valence-electron chi connectivity index (χ1n) is 6.08.